The predicted octanol–water partition coefficient (Wildman–Crippen LogP) is 2.41. The maximum Gasteiger partial charge on any atom is 0.225 e. The maximum atomic E-state index is 12.2. The van der Waals surface area contributed by atoms with Gasteiger partial charge in [-0.25, -0.2) is 9.97 Å². The van der Waals surface area contributed by atoms with E-state index in [4.69, 9.17) is 0 Å². The summed E-state index contributed by atoms with van der Waals surface area (Å²) >= 11 is 0. The van der Waals surface area contributed by atoms with Crippen LogP contribution in [0, 0.1) is 5.92 Å². The van der Waals surface area contributed by atoms with Gasteiger partial charge in [-0.2, -0.15) is 0 Å². The van der Waals surface area contributed by atoms with E-state index in [0.717, 1.165) is 50.3 Å². The number of hydrogen-bond donors (Lipinski definition) is 1. The van der Waals surface area contributed by atoms with Gasteiger partial charge in [0, 0.05) is 36.8 Å². The average molecular weight is 288 g/mol. The molecule has 1 aromatic rings. The highest BCUT2D eigenvalue weighted by Gasteiger charge is 2.35. The second-order valence-electron chi connectivity index (χ2n) is 6.52. The first kappa shape index (κ1) is 14.3. The quantitative estimate of drug-likeness (QED) is 0.924. The Bertz CT molecular complexity index is 513. The van der Waals surface area contributed by atoms with E-state index in [1.54, 1.807) is 6.33 Å². The minimum Gasteiger partial charge on any atom is -0.365 e. The summed E-state index contributed by atoms with van der Waals surface area (Å²) < 4.78 is 0. The van der Waals surface area contributed by atoms with Crippen molar-refractivity contribution in [3.05, 3.63) is 18.1 Å². The van der Waals surface area contributed by atoms with E-state index >= 15 is 0 Å². The Morgan fingerprint density at radius 1 is 1.33 bits per heavy atom. The van der Waals surface area contributed by atoms with Crippen LogP contribution in [0.3, 0.4) is 0 Å². The largest absolute Gasteiger partial charge is 0.365 e. The highest BCUT2D eigenvalue weighted by atomic mass is 16.2. The topological polar surface area (TPSA) is 58.1 Å². The van der Waals surface area contributed by atoms with Gasteiger partial charge in [0.15, 0.2) is 0 Å². The number of likely N-dealkylation sites (tertiary alicyclic amines) is 1. The molecule has 2 heterocycles. The molecule has 114 valence electrons. The summed E-state index contributed by atoms with van der Waals surface area (Å²) in [7, 11) is 0. The molecule has 2 fully saturated rings. The number of piperidine rings is 1. The molecule has 0 spiro atoms. The van der Waals surface area contributed by atoms with Gasteiger partial charge < -0.3 is 10.2 Å². The number of nitrogens with zero attached hydrogens (tertiary/aromatic N) is 3. The van der Waals surface area contributed by atoms with Gasteiger partial charge in [0.2, 0.25) is 5.91 Å². The molecule has 3 rings (SSSR count). The van der Waals surface area contributed by atoms with Crippen molar-refractivity contribution >= 4 is 11.7 Å². The van der Waals surface area contributed by atoms with Gasteiger partial charge in [0.25, 0.3) is 0 Å². The third kappa shape index (κ3) is 3.52. The number of nitrogens with one attached hydrogen (secondary N) is 1. The van der Waals surface area contributed by atoms with Gasteiger partial charge in [0.1, 0.15) is 12.1 Å². The third-order valence-electron chi connectivity index (χ3n) is 4.29. The van der Waals surface area contributed by atoms with E-state index in [-0.39, 0.29) is 0 Å². The molecular weight excluding hydrogens is 264 g/mol. The number of anilines is 1. The summed E-state index contributed by atoms with van der Waals surface area (Å²) in [6.07, 6.45) is 5.94. The normalized spacial score (nSPS) is 22.4. The van der Waals surface area contributed by atoms with E-state index in [9.17, 15) is 4.79 Å². The number of amides is 1. The van der Waals surface area contributed by atoms with Crippen molar-refractivity contribution in [2.24, 2.45) is 5.92 Å². The molecule has 1 aliphatic carbocycles. The first-order valence-electron chi connectivity index (χ1n) is 8.00. The van der Waals surface area contributed by atoms with Crippen molar-refractivity contribution in [2.45, 2.75) is 51.5 Å². The summed E-state index contributed by atoms with van der Waals surface area (Å²) in [4.78, 5) is 22.8. The van der Waals surface area contributed by atoms with Crippen LogP contribution in [-0.2, 0) is 4.79 Å². The Morgan fingerprint density at radius 2 is 2.14 bits per heavy atom. The fourth-order valence-electron chi connectivity index (χ4n) is 2.86. The summed E-state index contributed by atoms with van der Waals surface area (Å²) in [5.41, 5.74) is 1.05. The van der Waals surface area contributed by atoms with Crippen LogP contribution < -0.4 is 5.32 Å². The summed E-state index contributed by atoms with van der Waals surface area (Å²) in [6.45, 7) is 5.97. The molecule has 0 radical (unpaired) electrons. The fourth-order valence-corrected chi connectivity index (χ4v) is 2.86. The standard InChI is InChI=1S/C16H24N4O/c1-11(2)14-8-15(18-10-17-14)19-13-4-3-7-20(9-13)16(21)12-5-6-12/h8,10-13H,3-7,9H2,1-2H3,(H,17,18,19). The monoisotopic (exact) mass is 288 g/mol. The molecule has 1 saturated carbocycles. The van der Waals surface area contributed by atoms with Crippen molar-refractivity contribution in [1.82, 2.24) is 14.9 Å². The van der Waals surface area contributed by atoms with Gasteiger partial charge in [-0.15, -0.1) is 0 Å². The molecule has 0 bridgehead atoms. The van der Waals surface area contributed by atoms with E-state index in [2.05, 4.69) is 29.1 Å². The van der Waals surface area contributed by atoms with Gasteiger partial charge in [-0.05, 0) is 31.6 Å². The van der Waals surface area contributed by atoms with E-state index in [0.29, 0.717) is 23.8 Å². The molecular formula is C16H24N4O. The Kier molecular flexibility index (Phi) is 4.08. The minimum absolute atomic E-state index is 0.302. The molecule has 21 heavy (non-hydrogen) atoms. The molecule has 2 aliphatic rings. The van der Waals surface area contributed by atoms with Crippen LogP contribution >= 0.6 is 0 Å². The van der Waals surface area contributed by atoms with E-state index in [1.807, 2.05) is 11.0 Å². The molecule has 1 aromatic heterocycles. The van der Waals surface area contributed by atoms with Gasteiger partial charge in [-0.3, -0.25) is 4.79 Å². The number of rotatable bonds is 4. The van der Waals surface area contributed by atoms with E-state index < -0.39 is 0 Å². The first-order valence-corrected chi connectivity index (χ1v) is 8.00. The van der Waals surface area contributed by atoms with Crippen LogP contribution in [0.5, 0.6) is 0 Å². The number of carbonyl (C=O) groups is 1. The van der Waals surface area contributed by atoms with Crippen molar-refractivity contribution in [2.75, 3.05) is 18.4 Å². The lowest BCUT2D eigenvalue weighted by Gasteiger charge is -2.33. The molecule has 1 aliphatic heterocycles. The smallest absolute Gasteiger partial charge is 0.225 e. The zero-order valence-corrected chi connectivity index (χ0v) is 12.9. The average Bonchev–Trinajstić information content (AvgIpc) is 3.32. The second kappa shape index (κ2) is 6.00. The maximum absolute atomic E-state index is 12.2. The van der Waals surface area contributed by atoms with Crippen molar-refractivity contribution in [3.8, 4) is 0 Å². The number of hydrogen-bond acceptors (Lipinski definition) is 4. The van der Waals surface area contributed by atoms with Crippen molar-refractivity contribution in [3.63, 3.8) is 0 Å². The van der Waals surface area contributed by atoms with Crippen LogP contribution in [-0.4, -0.2) is 39.9 Å². The molecule has 0 aromatic carbocycles. The van der Waals surface area contributed by atoms with Gasteiger partial charge >= 0.3 is 0 Å². The van der Waals surface area contributed by atoms with Gasteiger partial charge in [0.05, 0.1) is 0 Å². The Morgan fingerprint density at radius 3 is 2.86 bits per heavy atom. The van der Waals surface area contributed by atoms with Crippen LogP contribution in [0.15, 0.2) is 12.4 Å². The van der Waals surface area contributed by atoms with E-state index in [1.165, 1.54) is 0 Å². The van der Waals surface area contributed by atoms with Crippen LogP contribution in [0.2, 0.25) is 0 Å². The lowest BCUT2D eigenvalue weighted by atomic mass is 10.0. The fraction of sp³-hybridized carbons (Fsp3) is 0.688. The number of aromatic nitrogens is 2. The minimum atomic E-state index is 0.302. The highest BCUT2D eigenvalue weighted by molar-refractivity contribution is 5.81. The molecule has 1 atom stereocenters. The molecule has 1 unspecified atom stereocenters. The molecule has 1 saturated heterocycles. The van der Waals surface area contributed by atoms with Gasteiger partial charge in [-0.1, -0.05) is 13.8 Å². The highest BCUT2D eigenvalue weighted by Crippen LogP contribution is 2.32. The lowest BCUT2D eigenvalue weighted by Crippen LogP contribution is -2.45. The Balaban J connectivity index is 1.61. The molecule has 1 amide bonds. The van der Waals surface area contributed by atoms with Crippen LogP contribution in [0.1, 0.15) is 51.1 Å². The zero-order valence-electron chi connectivity index (χ0n) is 12.9. The Labute approximate surface area is 126 Å². The predicted molar refractivity (Wildman–Crippen MR) is 82.1 cm³/mol. The number of carbonyl (C=O) groups excluding carboxylic acids is 1. The SMILES string of the molecule is CC(C)c1cc(NC2CCCN(C(=O)C3CC3)C2)ncn1. The second-order valence-corrected chi connectivity index (χ2v) is 6.52. The Hall–Kier alpha value is -1.65. The lowest BCUT2D eigenvalue weighted by molar-refractivity contribution is -0.133. The van der Waals surface area contributed by atoms with Crippen molar-refractivity contribution in [1.29, 1.82) is 0 Å². The third-order valence-corrected chi connectivity index (χ3v) is 4.29. The summed E-state index contributed by atoms with van der Waals surface area (Å²) in [5.74, 6) is 1.94. The first-order chi connectivity index (χ1) is 10.1. The molecule has 5 heteroatoms. The van der Waals surface area contributed by atoms with Crippen LogP contribution in [0.25, 0.3) is 0 Å². The van der Waals surface area contributed by atoms with Crippen LogP contribution in [0.4, 0.5) is 5.82 Å². The summed E-state index contributed by atoms with van der Waals surface area (Å²) in [6, 6.07) is 2.32. The molecule has 5 nitrogen and oxygen atoms in total. The summed E-state index contributed by atoms with van der Waals surface area (Å²) in [5, 5.41) is 3.48. The molecule has 1 N–H and O–H groups in total. The van der Waals surface area contributed by atoms with Crippen molar-refractivity contribution < 1.29 is 4.79 Å². The zero-order chi connectivity index (χ0) is 14.8.